The molecule has 1 saturated carbocycles. The lowest BCUT2D eigenvalue weighted by atomic mass is 10.3. The molecule has 5 heteroatoms. The molecule has 1 aliphatic rings. The number of hydrogen-bond acceptors (Lipinski definition) is 4. The van der Waals surface area contributed by atoms with Crippen LogP contribution in [0.15, 0.2) is 0 Å². The Morgan fingerprint density at radius 1 is 1.73 bits per heavy atom. The van der Waals surface area contributed by atoms with Crippen LogP contribution >= 0.6 is 23.6 Å². The fraction of sp³-hybridized carbons (Fsp3) is 0.667. The maximum atomic E-state index is 4.90. The van der Waals surface area contributed by atoms with Gasteiger partial charge in [0.2, 0.25) is 5.13 Å². The van der Waals surface area contributed by atoms with Crippen LogP contribution in [0.5, 0.6) is 0 Å². The van der Waals surface area contributed by atoms with Gasteiger partial charge in [0.15, 0.2) is 3.95 Å². The van der Waals surface area contributed by atoms with Gasteiger partial charge in [-0.2, -0.15) is 0 Å². The van der Waals surface area contributed by atoms with Crippen LogP contribution in [0.4, 0.5) is 5.13 Å². The Labute approximate surface area is 73.8 Å². The van der Waals surface area contributed by atoms with Crippen LogP contribution < -0.4 is 5.32 Å². The Hall–Kier alpha value is -0.420. The highest BCUT2D eigenvalue weighted by atomic mass is 32.1. The third-order valence-corrected chi connectivity index (χ3v) is 2.85. The van der Waals surface area contributed by atoms with E-state index in [2.05, 4.69) is 22.4 Å². The summed E-state index contributed by atoms with van der Waals surface area (Å²) in [6.45, 7) is 2.19. The first-order chi connectivity index (χ1) is 5.18. The predicted molar refractivity (Wildman–Crippen MR) is 48.6 cm³/mol. The zero-order valence-corrected chi connectivity index (χ0v) is 7.81. The Kier molecular flexibility index (Phi) is 1.50. The van der Waals surface area contributed by atoms with Crippen molar-refractivity contribution in [2.45, 2.75) is 25.3 Å². The van der Waals surface area contributed by atoms with E-state index < -0.39 is 0 Å². The van der Waals surface area contributed by atoms with Crippen molar-refractivity contribution in [2.24, 2.45) is 0 Å². The molecule has 2 rings (SSSR count). The molecule has 1 aromatic heterocycles. The van der Waals surface area contributed by atoms with Crippen molar-refractivity contribution < 1.29 is 0 Å². The smallest absolute Gasteiger partial charge is 0.204 e. The molecule has 1 aliphatic carbocycles. The summed E-state index contributed by atoms with van der Waals surface area (Å²) in [6.07, 6.45) is 2.47. The summed E-state index contributed by atoms with van der Waals surface area (Å²) in [5.41, 5.74) is 0.299. The van der Waals surface area contributed by atoms with Crippen molar-refractivity contribution >= 4 is 28.7 Å². The van der Waals surface area contributed by atoms with E-state index in [1.165, 1.54) is 24.2 Å². The molecule has 1 fully saturated rings. The molecule has 0 amide bonds. The van der Waals surface area contributed by atoms with Crippen LogP contribution in [-0.2, 0) is 0 Å². The minimum Gasteiger partial charge on any atom is -0.355 e. The maximum absolute atomic E-state index is 4.90. The maximum Gasteiger partial charge on any atom is 0.204 e. The minimum absolute atomic E-state index is 0.299. The van der Waals surface area contributed by atoms with Crippen LogP contribution in [0.2, 0.25) is 0 Å². The molecule has 0 aromatic carbocycles. The third-order valence-electron chi connectivity index (χ3n) is 1.85. The molecule has 1 aromatic rings. The van der Waals surface area contributed by atoms with Crippen LogP contribution in [0.25, 0.3) is 0 Å². The van der Waals surface area contributed by atoms with Gasteiger partial charge in [-0.3, -0.25) is 5.10 Å². The SMILES string of the molecule is CC1(Nc2n[nH]c(=S)s2)CC1. The van der Waals surface area contributed by atoms with Gasteiger partial charge < -0.3 is 5.32 Å². The molecule has 2 N–H and O–H groups in total. The second-order valence-electron chi connectivity index (χ2n) is 3.10. The molecule has 0 aliphatic heterocycles. The molecule has 0 radical (unpaired) electrons. The Morgan fingerprint density at radius 3 is 2.91 bits per heavy atom. The molecule has 0 atom stereocenters. The Balaban J connectivity index is 2.12. The van der Waals surface area contributed by atoms with Gasteiger partial charge in [0.1, 0.15) is 0 Å². The Morgan fingerprint density at radius 2 is 2.45 bits per heavy atom. The molecule has 11 heavy (non-hydrogen) atoms. The van der Waals surface area contributed by atoms with Crippen molar-refractivity contribution in [3.05, 3.63) is 3.95 Å². The van der Waals surface area contributed by atoms with Gasteiger partial charge in [-0.05, 0) is 32.0 Å². The number of anilines is 1. The first kappa shape index (κ1) is 7.24. The summed E-state index contributed by atoms with van der Waals surface area (Å²) in [6, 6.07) is 0. The summed E-state index contributed by atoms with van der Waals surface area (Å²) in [7, 11) is 0. The van der Waals surface area contributed by atoms with Gasteiger partial charge >= 0.3 is 0 Å². The van der Waals surface area contributed by atoms with Crippen LogP contribution in [0.3, 0.4) is 0 Å². The fourth-order valence-corrected chi connectivity index (χ4v) is 1.79. The number of nitrogens with zero attached hydrogens (tertiary/aromatic N) is 1. The Bertz CT molecular complexity index is 310. The van der Waals surface area contributed by atoms with Crippen LogP contribution in [0, 0.1) is 3.95 Å². The zero-order valence-electron chi connectivity index (χ0n) is 6.18. The van der Waals surface area contributed by atoms with Gasteiger partial charge in [-0.1, -0.05) is 11.3 Å². The van der Waals surface area contributed by atoms with Crippen molar-refractivity contribution in [3.8, 4) is 0 Å². The normalized spacial score (nSPS) is 19.7. The molecule has 3 nitrogen and oxygen atoms in total. The first-order valence-corrected chi connectivity index (χ1v) is 4.74. The van der Waals surface area contributed by atoms with Crippen molar-refractivity contribution in [1.29, 1.82) is 0 Å². The van der Waals surface area contributed by atoms with Gasteiger partial charge in [0.25, 0.3) is 0 Å². The number of aromatic nitrogens is 2. The van der Waals surface area contributed by atoms with E-state index in [0.717, 1.165) is 9.09 Å². The number of nitrogens with one attached hydrogen (secondary N) is 2. The van der Waals surface area contributed by atoms with Gasteiger partial charge in [-0.15, -0.1) is 5.10 Å². The van der Waals surface area contributed by atoms with E-state index in [0.29, 0.717) is 5.54 Å². The molecule has 0 unspecified atom stereocenters. The van der Waals surface area contributed by atoms with Crippen molar-refractivity contribution in [1.82, 2.24) is 10.2 Å². The van der Waals surface area contributed by atoms with E-state index >= 15 is 0 Å². The quantitative estimate of drug-likeness (QED) is 0.697. The van der Waals surface area contributed by atoms with E-state index in [1.54, 1.807) is 0 Å². The van der Waals surface area contributed by atoms with E-state index in [4.69, 9.17) is 12.2 Å². The first-order valence-electron chi connectivity index (χ1n) is 3.52. The highest BCUT2D eigenvalue weighted by molar-refractivity contribution is 7.73. The summed E-state index contributed by atoms with van der Waals surface area (Å²) in [5, 5.41) is 11.0. The number of H-pyrrole nitrogens is 1. The molecule has 60 valence electrons. The van der Waals surface area contributed by atoms with Crippen molar-refractivity contribution in [2.75, 3.05) is 5.32 Å². The molecule has 1 heterocycles. The third kappa shape index (κ3) is 1.59. The lowest BCUT2D eigenvalue weighted by molar-refractivity contribution is 0.821. The molecular formula is C6H9N3S2. The summed E-state index contributed by atoms with van der Waals surface area (Å²) in [5.74, 6) is 0. The zero-order chi connectivity index (χ0) is 7.90. The standard InChI is InChI=1S/C6H9N3S2/c1-6(2-3-6)7-4-8-9-5(10)11-4/h2-3H2,1H3,(H,7,8)(H,9,10). The molecule has 0 spiro atoms. The summed E-state index contributed by atoms with van der Waals surface area (Å²) >= 11 is 6.39. The fourth-order valence-electron chi connectivity index (χ4n) is 0.854. The van der Waals surface area contributed by atoms with Crippen molar-refractivity contribution in [3.63, 3.8) is 0 Å². The minimum atomic E-state index is 0.299. The molecular weight excluding hydrogens is 178 g/mol. The molecule has 0 saturated heterocycles. The highest BCUT2D eigenvalue weighted by Crippen LogP contribution is 2.38. The lowest BCUT2D eigenvalue weighted by Crippen LogP contribution is -2.15. The van der Waals surface area contributed by atoms with E-state index in [9.17, 15) is 0 Å². The van der Waals surface area contributed by atoms with E-state index in [-0.39, 0.29) is 0 Å². The highest BCUT2D eigenvalue weighted by Gasteiger charge is 2.37. The van der Waals surface area contributed by atoms with Crippen LogP contribution in [-0.4, -0.2) is 15.7 Å². The number of hydrogen-bond donors (Lipinski definition) is 2. The summed E-state index contributed by atoms with van der Waals surface area (Å²) in [4.78, 5) is 0. The largest absolute Gasteiger partial charge is 0.355 e. The monoisotopic (exact) mass is 187 g/mol. The molecule has 0 bridgehead atoms. The topological polar surface area (TPSA) is 40.7 Å². The average molecular weight is 187 g/mol. The van der Waals surface area contributed by atoms with Gasteiger partial charge in [-0.25, -0.2) is 0 Å². The second-order valence-corrected chi connectivity index (χ2v) is 4.77. The number of aromatic amines is 1. The second kappa shape index (κ2) is 2.28. The van der Waals surface area contributed by atoms with Gasteiger partial charge in [0, 0.05) is 5.54 Å². The lowest BCUT2D eigenvalue weighted by Gasteiger charge is -2.07. The van der Waals surface area contributed by atoms with Gasteiger partial charge in [0.05, 0.1) is 0 Å². The number of rotatable bonds is 2. The average Bonchev–Trinajstić information content (AvgIpc) is 2.49. The van der Waals surface area contributed by atoms with Crippen LogP contribution in [0.1, 0.15) is 19.8 Å². The predicted octanol–water partition coefficient (Wildman–Crippen LogP) is 2.17. The summed E-state index contributed by atoms with van der Waals surface area (Å²) < 4.78 is 0.733. The van der Waals surface area contributed by atoms with E-state index in [1.807, 2.05) is 0 Å².